The quantitative estimate of drug-likeness (QED) is 0.402. The van der Waals surface area contributed by atoms with Gasteiger partial charge in [0.2, 0.25) is 0 Å². The van der Waals surface area contributed by atoms with Gasteiger partial charge in [0.1, 0.15) is 11.5 Å². The highest BCUT2D eigenvalue weighted by Gasteiger charge is 2.45. The van der Waals surface area contributed by atoms with Crippen molar-refractivity contribution in [3.05, 3.63) is 53.1 Å². The monoisotopic (exact) mass is 480 g/mol. The molecule has 1 amide bonds. The first-order chi connectivity index (χ1) is 16.8. The second-order valence-corrected chi connectivity index (χ2v) is 9.23. The van der Waals surface area contributed by atoms with Crippen LogP contribution in [0.25, 0.3) is 16.9 Å². The van der Waals surface area contributed by atoms with E-state index in [1.807, 2.05) is 24.8 Å². The van der Waals surface area contributed by atoms with Crippen LogP contribution in [0, 0.1) is 11.7 Å². The van der Waals surface area contributed by atoms with Gasteiger partial charge in [-0.15, -0.1) is 0 Å². The van der Waals surface area contributed by atoms with E-state index in [1.165, 1.54) is 13.2 Å². The first-order valence-electron chi connectivity index (χ1n) is 12.4. The van der Waals surface area contributed by atoms with E-state index in [1.54, 1.807) is 22.7 Å². The van der Waals surface area contributed by atoms with Crippen LogP contribution in [0.3, 0.4) is 0 Å². The zero-order chi connectivity index (χ0) is 25.3. The summed E-state index contributed by atoms with van der Waals surface area (Å²) in [6.45, 7) is 8.73. The summed E-state index contributed by atoms with van der Waals surface area (Å²) in [7, 11) is 1.37. The summed E-state index contributed by atoms with van der Waals surface area (Å²) in [6, 6.07) is 8.64. The lowest BCUT2D eigenvalue weighted by Crippen LogP contribution is -2.39. The van der Waals surface area contributed by atoms with E-state index < -0.39 is 5.82 Å². The van der Waals surface area contributed by atoms with Crippen molar-refractivity contribution in [3.63, 3.8) is 0 Å². The lowest BCUT2D eigenvalue weighted by molar-refractivity contribution is -0.142. The zero-order valence-electron chi connectivity index (χ0n) is 21.0. The van der Waals surface area contributed by atoms with Crippen LogP contribution in [0.2, 0.25) is 0 Å². The molecule has 1 aliphatic carbocycles. The lowest BCUT2D eigenvalue weighted by Gasteiger charge is -2.27. The maximum atomic E-state index is 15.1. The predicted molar refractivity (Wildman–Crippen MR) is 132 cm³/mol. The second-order valence-electron chi connectivity index (χ2n) is 9.23. The summed E-state index contributed by atoms with van der Waals surface area (Å²) in [5, 5.41) is 4.61. The van der Waals surface area contributed by atoms with E-state index in [9.17, 15) is 9.59 Å². The van der Waals surface area contributed by atoms with Gasteiger partial charge in [-0.25, -0.2) is 13.9 Å². The topological polar surface area (TPSA) is 76.8 Å². The molecule has 35 heavy (non-hydrogen) atoms. The van der Waals surface area contributed by atoms with Crippen LogP contribution in [0.1, 0.15) is 74.6 Å². The smallest absolute Gasteiger partial charge is 0.309 e. The van der Waals surface area contributed by atoms with E-state index in [2.05, 4.69) is 23.9 Å². The molecule has 0 bridgehead atoms. The van der Waals surface area contributed by atoms with Gasteiger partial charge in [-0.05, 0) is 62.8 Å². The molecule has 0 N–H and O–H groups in total. The normalized spacial score (nSPS) is 17.9. The highest BCUT2D eigenvalue weighted by Crippen LogP contribution is 2.48. The van der Waals surface area contributed by atoms with Crippen LogP contribution in [0.4, 0.5) is 4.39 Å². The Morgan fingerprint density at radius 1 is 1.23 bits per heavy atom. The van der Waals surface area contributed by atoms with Crippen LogP contribution in [-0.2, 0) is 16.0 Å². The number of hydrogen-bond donors (Lipinski definition) is 0. The van der Waals surface area contributed by atoms with Crippen molar-refractivity contribution >= 4 is 17.5 Å². The molecule has 3 aromatic rings. The molecule has 1 saturated carbocycles. The van der Waals surface area contributed by atoms with E-state index in [0.29, 0.717) is 42.0 Å². The summed E-state index contributed by atoms with van der Waals surface area (Å²) in [6.07, 6.45) is 3.25. The van der Waals surface area contributed by atoms with Gasteiger partial charge in [0.15, 0.2) is 5.65 Å². The second kappa shape index (κ2) is 10.1. The first-order valence-corrected chi connectivity index (χ1v) is 12.4. The molecule has 1 aliphatic rings. The van der Waals surface area contributed by atoms with Gasteiger partial charge in [-0.2, -0.15) is 5.10 Å². The van der Waals surface area contributed by atoms with Crippen LogP contribution in [0.15, 0.2) is 30.3 Å². The van der Waals surface area contributed by atoms with E-state index >= 15 is 4.39 Å². The van der Waals surface area contributed by atoms with Crippen molar-refractivity contribution in [2.75, 3.05) is 13.7 Å². The standard InChI is InChI=1S/C27H33FN4O3/c1-6-9-16(4)31(8-3)26(33)24-13-18(7-2)32-25(29-24)15-23(30-32)19-11-10-17(12-22(19)28)20-14-21(20)27(34)35-5/h10-13,15-16,20-21H,6-9,14H2,1-5H3/t16?,20?,21-/m1/s1. The number of halogens is 1. The Labute approximate surface area is 205 Å². The number of rotatable bonds is 9. The summed E-state index contributed by atoms with van der Waals surface area (Å²) >= 11 is 0. The Balaban J connectivity index is 1.66. The minimum atomic E-state index is -0.402. The summed E-state index contributed by atoms with van der Waals surface area (Å²) < 4.78 is 21.6. The van der Waals surface area contributed by atoms with Gasteiger partial charge >= 0.3 is 5.97 Å². The number of amides is 1. The number of nitrogens with zero attached hydrogens (tertiary/aromatic N) is 4. The first kappa shape index (κ1) is 24.8. The van der Waals surface area contributed by atoms with E-state index in [-0.39, 0.29) is 29.8 Å². The fraction of sp³-hybridized carbons (Fsp3) is 0.481. The fourth-order valence-corrected chi connectivity index (χ4v) is 4.85. The summed E-state index contributed by atoms with van der Waals surface area (Å²) in [5.41, 5.74) is 3.32. The van der Waals surface area contributed by atoms with Crippen molar-refractivity contribution in [3.8, 4) is 11.3 Å². The van der Waals surface area contributed by atoms with Crippen LogP contribution >= 0.6 is 0 Å². The minimum absolute atomic E-state index is 0.00869. The Morgan fingerprint density at radius 3 is 2.63 bits per heavy atom. The van der Waals surface area contributed by atoms with Gasteiger partial charge in [0, 0.05) is 29.9 Å². The third kappa shape index (κ3) is 4.79. The molecule has 0 radical (unpaired) electrons. The Bertz CT molecular complexity index is 1250. The SMILES string of the molecule is CCCC(C)N(CC)C(=O)c1cc(CC)n2nc(-c3ccc(C4C[C@H]4C(=O)OC)cc3F)cc2n1. The molecule has 0 aliphatic heterocycles. The maximum Gasteiger partial charge on any atom is 0.309 e. The number of esters is 1. The van der Waals surface area contributed by atoms with Gasteiger partial charge < -0.3 is 9.64 Å². The molecule has 7 nitrogen and oxygen atoms in total. The number of aromatic nitrogens is 3. The zero-order valence-corrected chi connectivity index (χ0v) is 21.0. The van der Waals surface area contributed by atoms with Gasteiger partial charge in [0.05, 0.1) is 18.7 Å². The maximum absolute atomic E-state index is 15.1. The van der Waals surface area contributed by atoms with Gasteiger partial charge in [0.25, 0.3) is 5.91 Å². The number of carbonyl (C=O) groups is 2. The molecule has 4 rings (SSSR count). The molecule has 3 atom stereocenters. The summed E-state index contributed by atoms with van der Waals surface area (Å²) in [4.78, 5) is 31.5. The van der Waals surface area contributed by atoms with Crippen LogP contribution < -0.4 is 0 Å². The van der Waals surface area contributed by atoms with Crippen molar-refractivity contribution < 1.29 is 18.7 Å². The molecule has 1 aromatic carbocycles. The average Bonchev–Trinajstić information content (AvgIpc) is 3.54. The fourth-order valence-electron chi connectivity index (χ4n) is 4.85. The van der Waals surface area contributed by atoms with Gasteiger partial charge in [-0.1, -0.05) is 26.3 Å². The average molecular weight is 481 g/mol. The molecule has 2 unspecified atom stereocenters. The number of carbonyl (C=O) groups excluding carboxylic acids is 2. The Hall–Kier alpha value is -3.29. The number of aryl methyl sites for hydroxylation is 1. The predicted octanol–water partition coefficient (Wildman–Crippen LogP) is 5.03. The molecule has 186 valence electrons. The highest BCUT2D eigenvalue weighted by atomic mass is 19.1. The molecule has 8 heteroatoms. The Morgan fingerprint density at radius 2 is 2.00 bits per heavy atom. The summed E-state index contributed by atoms with van der Waals surface area (Å²) in [5.74, 6) is -0.968. The molecule has 0 saturated heterocycles. The lowest BCUT2D eigenvalue weighted by atomic mass is 10.0. The minimum Gasteiger partial charge on any atom is -0.469 e. The molecule has 0 spiro atoms. The van der Waals surface area contributed by atoms with E-state index in [0.717, 1.165) is 24.1 Å². The number of hydrogen-bond acceptors (Lipinski definition) is 5. The molecule has 1 fully saturated rings. The van der Waals surface area contributed by atoms with Gasteiger partial charge in [-0.3, -0.25) is 9.59 Å². The van der Waals surface area contributed by atoms with Crippen LogP contribution in [0.5, 0.6) is 0 Å². The van der Waals surface area contributed by atoms with Crippen molar-refractivity contribution in [2.24, 2.45) is 5.92 Å². The number of benzene rings is 1. The van der Waals surface area contributed by atoms with Crippen molar-refractivity contribution in [1.29, 1.82) is 0 Å². The molecular formula is C27H33FN4O3. The van der Waals surface area contributed by atoms with Crippen LogP contribution in [-0.4, -0.2) is 51.1 Å². The largest absolute Gasteiger partial charge is 0.469 e. The molecule has 2 aromatic heterocycles. The number of fused-ring (bicyclic) bond motifs is 1. The highest BCUT2D eigenvalue weighted by molar-refractivity contribution is 5.93. The molecule has 2 heterocycles. The van der Waals surface area contributed by atoms with Crippen molar-refractivity contribution in [1.82, 2.24) is 19.5 Å². The Kier molecular flexibility index (Phi) is 7.19. The van der Waals surface area contributed by atoms with E-state index in [4.69, 9.17) is 4.74 Å². The number of methoxy groups -OCH3 is 1. The third-order valence-corrected chi connectivity index (χ3v) is 6.91. The van der Waals surface area contributed by atoms with Crippen molar-refractivity contribution in [2.45, 2.75) is 65.3 Å². The molecular weight excluding hydrogens is 447 g/mol. The number of ether oxygens (including phenoxy) is 1. The third-order valence-electron chi connectivity index (χ3n) is 6.91.